The van der Waals surface area contributed by atoms with E-state index >= 15 is 0 Å². The van der Waals surface area contributed by atoms with Crippen LogP contribution in [0.4, 0.5) is 4.79 Å². The second-order valence-corrected chi connectivity index (χ2v) is 6.23. The summed E-state index contributed by atoms with van der Waals surface area (Å²) < 4.78 is 11.4. The zero-order chi connectivity index (χ0) is 17.5. The van der Waals surface area contributed by atoms with Gasteiger partial charge in [0, 0.05) is 38.2 Å². The van der Waals surface area contributed by atoms with Gasteiger partial charge in [0.25, 0.3) is 0 Å². The second-order valence-electron chi connectivity index (χ2n) is 5.96. The number of ether oxygens (including phenoxy) is 2. The summed E-state index contributed by atoms with van der Waals surface area (Å²) in [6.07, 6.45) is 3.07. The first-order chi connectivity index (χ1) is 12.2. The summed E-state index contributed by atoms with van der Waals surface area (Å²) in [5, 5.41) is 0. The predicted molar refractivity (Wildman–Crippen MR) is 95.6 cm³/mol. The van der Waals surface area contributed by atoms with Crippen molar-refractivity contribution < 1.29 is 14.3 Å². The quantitative estimate of drug-likeness (QED) is 0.756. The van der Waals surface area contributed by atoms with Gasteiger partial charge in [-0.1, -0.05) is 30.3 Å². The van der Waals surface area contributed by atoms with Gasteiger partial charge >= 0.3 is 6.09 Å². The van der Waals surface area contributed by atoms with Gasteiger partial charge in [0.1, 0.15) is 18.5 Å². The van der Waals surface area contributed by atoms with Gasteiger partial charge in [-0.05, 0) is 11.6 Å². The molecule has 1 aliphatic heterocycles. The first-order valence-electron chi connectivity index (χ1n) is 8.38. The molecule has 1 aromatic carbocycles. The Balaban J connectivity index is 1.44. The highest BCUT2D eigenvalue weighted by Gasteiger charge is 2.25. The fourth-order valence-electron chi connectivity index (χ4n) is 2.76. The molecule has 3 rings (SSSR count). The number of alkyl halides is 1. The molecule has 0 saturated carbocycles. The smallest absolute Gasteiger partial charge is 0.410 e. The van der Waals surface area contributed by atoms with Crippen LogP contribution in [-0.4, -0.2) is 35.2 Å². The van der Waals surface area contributed by atoms with E-state index in [-0.39, 0.29) is 12.2 Å². The molecule has 0 N–H and O–H groups in total. The molecule has 2 aromatic rings. The number of carbonyl (C=O) groups excluding carboxylic acids is 1. The van der Waals surface area contributed by atoms with Crippen molar-refractivity contribution in [3.63, 3.8) is 0 Å². The largest absolute Gasteiger partial charge is 0.490 e. The number of amides is 1. The molecule has 5 nitrogen and oxygen atoms in total. The molecule has 2 heterocycles. The number of aromatic nitrogens is 1. The molecule has 1 saturated heterocycles. The van der Waals surface area contributed by atoms with Crippen LogP contribution >= 0.6 is 11.6 Å². The first kappa shape index (κ1) is 17.5. The summed E-state index contributed by atoms with van der Waals surface area (Å²) in [5.74, 6) is 1.14. The van der Waals surface area contributed by atoms with Gasteiger partial charge in [-0.15, -0.1) is 11.6 Å². The van der Waals surface area contributed by atoms with Crippen molar-refractivity contribution in [2.24, 2.45) is 0 Å². The van der Waals surface area contributed by atoms with E-state index in [0.717, 1.165) is 29.8 Å². The number of piperidine rings is 1. The summed E-state index contributed by atoms with van der Waals surface area (Å²) in [6, 6.07) is 13.4. The maximum atomic E-state index is 12.2. The number of hydrogen-bond donors (Lipinski definition) is 0. The molecule has 1 amide bonds. The van der Waals surface area contributed by atoms with E-state index in [0.29, 0.717) is 25.6 Å². The second kappa shape index (κ2) is 8.72. The normalized spacial score (nSPS) is 15.0. The molecule has 1 fully saturated rings. The topological polar surface area (TPSA) is 51.7 Å². The van der Waals surface area contributed by atoms with E-state index in [2.05, 4.69) is 4.98 Å². The minimum absolute atomic E-state index is 0.0868. The molecule has 0 unspecified atom stereocenters. The van der Waals surface area contributed by atoms with E-state index in [9.17, 15) is 4.79 Å². The summed E-state index contributed by atoms with van der Waals surface area (Å²) in [7, 11) is 0. The van der Waals surface area contributed by atoms with Crippen molar-refractivity contribution in [2.45, 2.75) is 31.4 Å². The molecular formula is C19H21ClN2O3. The summed E-state index contributed by atoms with van der Waals surface area (Å²) >= 11 is 5.79. The minimum atomic E-state index is -0.268. The van der Waals surface area contributed by atoms with Gasteiger partial charge < -0.3 is 14.4 Å². The average molecular weight is 361 g/mol. The van der Waals surface area contributed by atoms with E-state index in [1.54, 1.807) is 11.1 Å². The highest BCUT2D eigenvalue weighted by Crippen LogP contribution is 2.20. The molecule has 132 valence electrons. The van der Waals surface area contributed by atoms with Crippen molar-refractivity contribution >= 4 is 17.7 Å². The van der Waals surface area contributed by atoms with E-state index in [1.165, 1.54) is 0 Å². The van der Waals surface area contributed by atoms with Gasteiger partial charge in [-0.2, -0.15) is 0 Å². The number of likely N-dealkylation sites (tertiary alicyclic amines) is 1. The molecule has 1 aromatic heterocycles. The summed E-state index contributed by atoms with van der Waals surface area (Å²) in [6.45, 7) is 1.56. The molecule has 0 spiro atoms. The number of nitrogens with zero attached hydrogens (tertiary/aromatic N) is 2. The lowest BCUT2D eigenvalue weighted by Crippen LogP contribution is -2.42. The van der Waals surface area contributed by atoms with Gasteiger partial charge in [0.2, 0.25) is 0 Å². The maximum Gasteiger partial charge on any atom is 0.410 e. The van der Waals surface area contributed by atoms with Crippen LogP contribution in [0.2, 0.25) is 0 Å². The van der Waals surface area contributed by atoms with Crippen LogP contribution in [0.15, 0.2) is 48.7 Å². The van der Waals surface area contributed by atoms with Crippen LogP contribution in [0.3, 0.4) is 0 Å². The Kier molecular flexibility index (Phi) is 6.12. The number of halogens is 1. The predicted octanol–water partition coefficient (Wildman–Crippen LogP) is 4.00. The first-order valence-corrected chi connectivity index (χ1v) is 8.91. The van der Waals surface area contributed by atoms with E-state index in [1.807, 2.05) is 42.5 Å². The van der Waals surface area contributed by atoms with Crippen LogP contribution in [0.1, 0.15) is 24.1 Å². The number of hydrogen-bond acceptors (Lipinski definition) is 4. The highest BCUT2D eigenvalue weighted by atomic mass is 35.5. The molecule has 0 atom stereocenters. The third-order valence-electron chi connectivity index (χ3n) is 4.13. The SMILES string of the molecule is O=C(OCc1ccccc1)N1CCC(Oc2ccnc(CCl)c2)CC1. The molecule has 0 aliphatic carbocycles. The zero-order valence-corrected chi connectivity index (χ0v) is 14.7. The van der Waals surface area contributed by atoms with Gasteiger partial charge in [0.05, 0.1) is 11.6 Å². The van der Waals surface area contributed by atoms with Crippen LogP contribution < -0.4 is 4.74 Å². The van der Waals surface area contributed by atoms with Gasteiger partial charge in [-0.25, -0.2) is 4.79 Å². The Labute approximate surface area is 152 Å². The highest BCUT2D eigenvalue weighted by molar-refractivity contribution is 6.16. The third kappa shape index (κ3) is 5.10. The van der Waals surface area contributed by atoms with Crippen LogP contribution in [-0.2, 0) is 17.2 Å². The van der Waals surface area contributed by atoms with Crippen molar-refractivity contribution in [1.82, 2.24) is 9.88 Å². The van der Waals surface area contributed by atoms with Crippen molar-refractivity contribution in [3.05, 3.63) is 59.9 Å². The van der Waals surface area contributed by atoms with Gasteiger partial charge in [0.15, 0.2) is 0 Å². The van der Waals surface area contributed by atoms with Crippen LogP contribution in [0.5, 0.6) is 5.75 Å². The molecule has 0 radical (unpaired) electrons. The Morgan fingerprint density at radius 1 is 1.20 bits per heavy atom. The Morgan fingerprint density at radius 2 is 1.96 bits per heavy atom. The standard InChI is InChI=1S/C19H21ClN2O3/c20-13-16-12-18(6-9-21-16)25-17-7-10-22(11-8-17)19(23)24-14-15-4-2-1-3-5-15/h1-6,9,12,17H,7-8,10-11,13-14H2. The zero-order valence-electron chi connectivity index (χ0n) is 13.9. The van der Waals surface area contributed by atoms with Crippen molar-refractivity contribution in [3.8, 4) is 5.75 Å². The van der Waals surface area contributed by atoms with E-state index < -0.39 is 0 Å². The van der Waals surface area contributed by atoms with Crippen LogP contribution in [0, 0.1) is 0 Å². The summed E-state index contributed by atoms with van der Waals surface area (Å²) in [5.41, 5.74) is 1.78. The molecule has 6 heteroatoms. The number of rotatable bonds is 5. The van der Waals surface area contributed by atoms with Crippen molar-refractivity contribution in [2.75, 3.05) is 13.1 Å². The lowest BCUT2D eigenvalue weighted by molar-refractivity contribution is 0.0638. The minimum Gasteiger partial charge on any atom is -0.490 e. The number of carbonyl (C=O) groups is 1. The molecule has 1 aliphatic rings. The molecular weight excluding hydrogens is 340 g/mol. The lowest BCUT2D eigenvalue weighted by Gasteiger charge is -2.31. The fourth-order valence-corrected chi connectivity index (χ4v) is 2.91. The maximum absolute atomic E-state index is 12.2. The van der Waals surface area contributed by atoms with Crippen molar-refractivity contribution in [1.29, 1.82) is 0 Å². The van der Waals surface area contributed by atoms with Gasteiger partial charge in [-0.3, -0.25) is 4.98 Å². The Hall–Kier alpha value is -2.27. The number of benzene rings is 1. The monoisotopic (exact) mass is 360 g/mol. The molecule has 0 bridgehead atoms. The summed E-state index contributed by atoms with van der Waals surface area (Å²) in [4.78, 5) is 18.0. The van der Waals surface area contributed by atoms with Crippen LogP contribution in [0.25, 0.3) is 0 Å². The number of pyridine rings is 1. The lowest BCUT2D eigenvalue weighted by atomic mass is 10.1. The fraction of sp³-hybridized carbons (Fsp3) is 0.368. The third-order valence-corrected chi connectivity index (χ3v) is 4.41. The average Bonchev–Trinajstić information content (AvgIpc) is 2.67. The molecule has 25 heavy (non-hydrogen) atoms. The van der Waals surface area contributed by atoms with E-state index in [4.69, 9.17) is 21.1 Å². The Morgan fingerprint density at radius 3 is 2.68 bits per heavy atom. The Bertz CT molecular complexity index is 688.